The maximum atomic E-state index is 6.11. The third-order valence-corrected chi connectivity index (χ3v) is 4.76. The van der Waals surface area contributed by atoms with Crippen LogP contribution in [0, 0.1) is 0 Å². The highest BCUT2D eigenvalue weighted by molar-refractivity contribution is 8.01. The minimum atomic E-state index is -0.157. The first-order valence-electron chi connectivity index (χ1n) is 4.95. The predicted molar refractivity (Wildman–Crippen MR) is 73.3 cm³/mol. The lowest BCUT2D eigenvalue weighted by atomic mass is 10.1. The van der Waals surface area contributed by atoms with Crippen LogP contribution in [0.5, 0.6) is 0 Å². The van der Waals surface area contributed by atoms with Crippen molar-refractivity contribution in [2.24, 2.45) is 0 Å². The molecule has 2 aromatic rings. The molecule has 0 saturated heterocycles. The number of hydrogen-bond donors (Lipinski definition) is 0. The van der Waals surface area contributed by atoms with Crippen molar-refractivity contribution in [2.45, 2.75) is 9.60 Å². The first kappa shape index (κ1) is 10.5. The fraction of sp³-hybridized carbons (Fsp3) is 0.0769. The van der Waals surface area contributed by atoms with Crippen LogP contribution in [0.15, 0.2) is 46.3 Å². The quantitative estimate of drug-likeness (QED) is 0.599. The highest BCUT2D eigenvalue weighted by Crippen LogP contribution is 2.42. The largest absolute Gasteiger partial charge is 0.119 e. The number of fused-ring (bicyclic) bond motifs is 2. The first-order valence-corrected chi connectivity index (χ1v) is 6.64. The van der Waals surface area contributed by atoms with E-state index in [1.165, 1.54) is 15.7 Å². The summed E-state index contributed by atoms with van der Waals surface area (Å²) < 4.78 is -0.157. The van der Waals surface area contributed by atoms with E-state index in [4.69, 9.17) is 23.2 Å². The van der Waals surface area contributed by atoms with E-state index in [0.29, 0.717) is 5.03 Å². The Bertz CT molecular complexity index is 590. The van der Waals surface area contributed by atoms with Gasteiger partial charge in [0.1, 0.15) is 4.71 Å². The lowest BCUT2D eigenvalue weighted by molar-refractivity contribution is 1.40. The molecule has 1 aliphatic heterocycles. The van der Waals surface area contributed by atoms with E-state index in [1.54, 1.807) is 11.8 Å². The van der Waals surface area contributed by atoms with Gasteiger partial charge in [-0.15, -0.1) is 11.6 Å². The molecule has 0 amide bonds. The molecule has 16 heavy (non-hydrogen) atoms. The molecule has 1 atom stereocenters. The monoisotopic (exact) mass is 266 g/mol. The van der Waals surface area contributed by atoms with Crippen molar-refractivity contribution in [3.63, 3.8) is 0 Å². The van der Waals surface area contributed by atoms with Crippen LogP contribution in [-0.2, 0) is 0 Å². The predicted octanol–water partition coefficient (Wildman–Crippen LogP) is 5.09. The van der Waals surface area contributed by atoms with Crippen LogP contribution >= 0.6 is 35.0 Å². The zero-order valence-corrected chi connectivity index (χ0v) is 10.6. The van der Waals surface area contributed by atoms with E-state index in [0.717, 1.165) is 5.56 Å². The van der Waals surface area contributed by atoms with Crippen molar-refractivity contribution in [2.75, 3.05) is 0 Å². The molecular weight excluding hydrogens is 259 g/mol. The molecule has 0 N–H and O–H groups in total. The molecule has 0 bridgehead atoms. The third kappa shape index (κ3) is 1.73. The van der Waals surface area contributed by atoms with E-state index < -0.39 is 0 Å². The topological polar surface area (TPSA) is 0 Å². The molecule has 3 rings (SSSR count). The number of alkyl halides is 1. The van der Waals surface area contributed by atoms with Crippen molar-refractivity contribution in [1.82, 2.24) is 0 Å². The standard InChI is InChI=1S/C13H8Cl2S/c14-11-6-10-5-8-3-1-2-4-9(8)7-12(10)16-13(11)15/h1-7,13H. The van der Waals surface area contributed by atoms with Crippen LogP contribution in [0.2, 0.25) is 0 Å². The Morgan fingerprint density at radius 2 is 1.75 bits per heavy atom. The van der Waals surface area contributed by atoms with E-state index in [9.17, 15) is 0 Å². The SMILES string of the molecule is ClC1=Cc2cc3ccccc3cc2SC1Cl. The lowest BCUT2D eigenvalue weighted by Gasteiger charge is -2.17. The smallest absolute Gasteiger partial charge is 0.104 e. The molecule has 3 heteroatoms. The van der Waals surface area contributed by atoms with Crippen molar-refractivity contribution >= 4 is 51.8 Å². The molecule has 80 valence electrons. The summed E-state index contributed by atoms with van der Waals surface area (Å²) in [5, 5.41) is 3.18. The maximum Gasteiger partial charge on any atom is 0.119 e. The Hall–Kier alpha value is -0.630. The Labute approximate surface area is 108 Å². The number of rotatable bonds is 0. The van der Waals surface area contributed by atoms with Gasteiger partial charge in [0.05, 0.1) is 0 Å². The van der Waals surface area contributed by atoms with Crippen molar-refractivity contribution < 1.29 is 0 Å². The van der Waals surface area contributed by atoms with Crippen LogP contribution in [0.1, 0.15) is 5.56 Å². The van der Waals surface area contributed by atoms with Gasteiger partial charge >= 0.3 is 0 Å². The second-order valence-electron chi connectivity index (χ2n) is 3.70. The lowest BCUT2D eigenvalue weighted by Crippen LogP contribution is -1.98. The Morgan fingerprint density at radius 1 is 1.06 bits per heavy atom. The normalized spacial score (nSPS) is 19.4. The Morgan fingerprint density at radius 3 is 2.50 bits per heavy atom. The molecule has 1 unspecified atom stereocenters. The van der Waals surface area contributed by atoms with E-state index in [-0.39, 0.29) is 4.71 Å². The van der Waals surface area contributed by atoms with Crippen LogP contribution in [0.4, 0.5) is 0 Å². The van der Waals surface area contributed by atoms with E-state index in [2.05, 4.69) is 24.3 Å². The number of halogens is 2. The molecule has 1 aliphatic rings. The fourth-order valence-corrected chi connectivity index (χ4v) is 3.29. The zero-order valence-electron chi connectivity index (χ0n) is 8.28. The van der Waals surface area contributed by atoms with E-state index in [1.807, 2.05) is 18.2 Å². The molecule has 0 aromatic heterocycles. The molecule has 0 radical (unpaired) electrons. The van der Waals surface area contributed by atoms with Crippen LogP contribution in [0.25, 0.3) is 16.8 Å². The summed E-state index contributed by atoms with van der Waals surface area (Å²) in [6.45, 7) is 0. The minimum Gasteiger partial charge on any atom is -0.104 e. The van der Waals surface area contributed by atoms with Gasteiger partial charge in [-0.1, -0.05) is 47.6 Å². The Kier molecular flexibility index (Phi) is 2.62. The Balaban J connectivity index is 2.26. The summed E-state index contributed by atoms with van der Waals surface area (Å²) in [6, 6.07) is 12.6. The van der Waals surface area contributed by atoms with Gasteiger partial charge in [0.2, 0.25) is 0 Å². The molecule has 2 aromatic carbocycles. The fourth-order valence-electron chi connectivity index (χ4n) is 1.83. The summed E-state index contributed by atoms with van der Waals surface area (Å²) in [4.78, 5) is 1.20. The van der Waals surface area contributed by atoms with Crippen molar-refractivity contribution in [3.8, 4) is 0 Å². The molecule has 0 nitrogen and oxygen atoms in total. The molecule has 0 spiro atoms. The van der Waals surface area contributed by atoms with Gasteiger partial charge in [0.25, 0.3) is 0 Å². The zero-order chi connectivity index (χ0) is 11.1. The molecular formula is C13H8Cl2S. The van der Waals surface area contributed by atoms with Crippen LogP contribution in [-0.4, -0.2) is 4.71 Å². The number of hydrogen-bond acceptors (Lipinski definition) is 1. The van der Waals surface area contributed by atoms with Gasteiger partial charge < -0.3 is 0 Å². The van der Waals surface area contributed by atoms with Gasteiger partial charge in [0.15, 0.2) is 0 Å². The molecule has 1 heterocycles. The second kappa shape index (κ2) is 3.99. The summed E-state index contributed by atoms with van der Waals surface area (Å²) in [7, 11) is 0. The molecule has 0 saturated carbocycles. The van der Waals surface area contributed by atoms with Gasteiger partial charge in [-0.25, -0.2) is 0 Å². The van der Waals surface area contributed by atoms with Gasteiger partial charge in [-0.3, -0.25) is 0 Å². The van der Waals surface area contributed by atoms with Crippen LogP contribution in [0.3, 0.4) is 0 Å². The average molecular weight is 267 g/mol. The maximum absolute atomic E-state index is 6.11. The van der Waals surface area contributed by atoms with Crippen molar-refractivity contribution in [3.05, 3.63) is 47.0 Å². The second-order valence-corrected chi connectivity index (χ2v) is 5.98. The van der Waals surface area contributed by atoms with Crippen LogP contribution < -0.4 is 0 Å². The average Bonchev–Trinajstić information content (AvgIpc) is 2.28. The van der Waals surface area contributed by atoms with Gasteiger partial charge in [0, 0.05) is 9.93 Å². The van der Waals surface area contributed by atoms with Gasteiger partial charge in [-0.2, -0.15) is 0 Å². The number of thioether (sulfide) groups is 1. The van der Waals surface area contributed by atoms with Crippen molar-refractivity contribution in [1.29, 1.82) is 0 Å². The summed E-state index contributed by atoms with van der Waals surface area (Å²) in [5.74, 6) is 0. The highest BCUT2D eigenvalue weighted by atomic mass is 35.5. The first-order chi connectivity index (χ1) is 7.74. The summed E-state index contributed by atoms with van der Waals surface area (Å²) >= 11 is 13.8. The highest BCUT2D eigenvalue weighted by Gasteiger charge is 2.18. The number of benzene rings is 2. The summed E-state index contributed by atoms with van der Waals surface area (Å²) in [5.41, 5.74) is 1.16. The molecule has 0 aliphatic carbocycles. The minimum absolute atomic E-state index is 0.157. The third-order valence-electron chi connectivity index (χ3n) is 2.62. The molecule has 0 fully saturated rings. The van der Waals surface area contributed by atoms with E-state index >= 15 is 0 Å². The summed E-state index contributed by atoms with van der Waals surface area (Å²) in [6.07, 6.45) is 1.96. The van der Waals surface area contributed by atoms with Gasteiger partial charge in [-0.05, 0) is 34.5 Å².